The maximum absolute atomic E-state index is 13.4. The molecule has 0 radical (unpaired) electrons. The number of amides is 2. The van der Waals surface area contributed by atoms with Crippen molar-refractivity contribution in [3.8, 4) is 11.5 Å². The number of halogens is 1. The second kappa shape index (κ2) is 8.27. The van der Waals surface area contributed by atoms with Crippen molar-refractivity contribution in [2.24, 2.45) is 0 Å². The zero-order valence-corrected chi connectivity index (χ0v) is 17.0. The minimum Gasteiger partial charge on any atom is -0.345 e. The topological polar surface area (TPSA) is 72.2 Å². The van der Waals surface area contributed by atoms with E-state index in [-0.39, 0.29) is 17.6 Å². The Kier molecular flexibility index (Phi) is 5.36. The van der Waals surface area contributed by atoms with Gasteiger partial charge in [0.15, 0.2) is 5.82 Å². The van der Waals surface area contributed by atoms with Crippen LogP contribution in [0.2, 0.25) is 0 Å². The summed E-state index contributed by atoms with van der Waals surface area (Å²) in [5.74, 6) is -0.307. The van der Waals surface area contributed by atoms with Crippen LogP contribution in [0.4, 0.5) is 10.1 Å². The van der Waals surface area contributed by atoms with Crippen molar-refractivity contribution in [1.82, 2.24) is 19.2 Å². The maximum atomic E-state index is 13.4. The Morgan fingerprint density at radius 3 is 2.23 bits per heavy atom. The van der Waals surface area contributed by atoms with Gasteiger partial charge in [-0.05, 0) is 60.7 Å². The highest BCUT2D eigenvalue weighted by Crippen LogP contribution is 2.22. The van der Waals surface area contributed by atoms with Crippen molar-refractivity contribution in [1.29, 1.82) is 0 Å². The first kappa shape index (κ1) is 20.1. The van der Waals surface area contributed by atoms with Gasteiger partial charge >= 0.3 is 0 Å². The molecule has 4 aromatic rings. The van der Waals surface area contributed by atoms with Crippen molar-refractivity contribution in [3.63, 3.8) is 0 Å². The van der Waals surface area contributed by atoms with Gasteiger partial charge in [-0.15, -0.1) is 0 Å². The fourth-order valence-electron chi connectivity index (χ4n) is 3.15. The van der Waals surface area contributed by atoms with Gasteiger partial charge in [0.1, 0.15) is 11.4 Å². The predicted octanol–water partition coefficient (Wildman–Crippen LogP) is 3.76. The molecule has 1 N–H and O–H groups in total. The van der Waals surface area contributed by atoms with E-state index in [1.54, 1.807) is 72.1 Å². The fraction of sp³-hybridized carbons (Fsp3) is 0.0870. The van der Waals surface area contributed by atoms with Crippen LogP contribution in [0.15, 0.2) is 79.3 Å². The van der Waals surface area contributed by atoms with Gasteiger partial charge in [-0.3, -0.25) is 9.59 Å². The maximum Gasteiger partial charge on any atom is 0.261 e. The molecule has 0 spiro atoms. The highest BCUT2D eigenvalue weighted by atomic mass is 19.1. The minimum absolute atomic E-state index is 0.117. The smallest absolute Gasteiger partial charge is 0.261 e. The molecule has 2 aromatic carbocycles. The first-order valence-corrected chi connectivity index (χ1v) is 9.54. The Bertz CT molecular complexity index is 1210. The van der Waals surface area contributed by atoms with Gasteiger partial charge in [-0.1, -0.05) is 0 Å². The summed E-state index contributed by atoms with van der Waals surface area (Å²) in [4.78, 5) is 26.6. The fourth-order valence-corrected chi connectivity index (χ4v) is 3.15. The van der Waals surface area contributed by atoms with Crippen LogP contribution in [0, 0.1) is 5.82 Å². The highest BCUT2D eigenvalue weighted by Gasteiger charge is 2.20. The van der Waals surface area contributed by atoms with Crippen molar-refractivity contribution in [2.75, 3.05) is 19.4 Å². The molecule has 156 valence electrons. The number of aromatic nitrogens is 3. The van der Waals surface area contributed by atoms with Gasteiger partial charge in [0, 0.05) is 37.7 Å². The standard InChI is InChI=1S/C23H20FN5O2/c1-27(2)23(31)16-5-9-18(10-6-16)26-21(30)20-15-25-29(19-11-7-17(24)8-12-19)22(20)28-13-3-4-14-28/h3-15H,1-2H3,(H,26,30). The molecule has 2 amide bonds. The molecule has 2 heterocycles. The zero-order chi connectivity index (χ0) is 22.0. The van der Waals surface area contributed by atoms with E-state index in [0.717, 1.165) is 0 Å². The molecule has 8 heteroatoms. The molecular weight excluding hydrogens is 397 g/mol. The number of rotatable bonds is 5. The molecule has 0 unspecified atom stereocenters. The average molecular weight is 417 g/mol. The second-order valence-corrected chi connectivity index (χ2v) is 7.09. The summed E-state index contributed by atoms with van der Waals surface area (Å²) in [6.07, 6.45) is 5.07. The molecule has 0 saturated heterocycles. The number of carbonyl (C=O) groups is 2. The molecule has 0 atom stereocenters. The molecule has 7 nitrogen and oxygen atoms in total. The quantitative estimate of drug-likeness (QED) is 0.538. The molecule has 0 aliphatic carbocycles. The molecule has 0 aliphatic heterocycles. The Hall–Kier alpha value is -4.20. The van der Waals surface area contributed by atoms with Crippen LogP contribution in [0.25, 0.3) is 11.5 Å². The van der Waals surface area contributed by atoms with Gasteiger partial charge in [-0.2, -0.15) is 5.10 Å². The van der Waals surface area contributed by atoms with Crippen LogP contribution in [-0.2, 0) is 0 Å². The molecule has 0 aliphatic rings. The second-order valence-electron chi connectivity index (χ2n) is 7.09. The van der Waals surface area contributed by atoms with E-state index in [2.05, 4.69) is 10.4 Å². The number of carbonyl (C=O) groups excluding carboxylic acids is 2. The minimum atomic E-state index is -0.358. The van der Waals surface area contributed by atoms with E-state index < -0.39 is 0 Å². The highest BCUT2D eigenvalue weighted by molar-refractivity contribution is 6.06. The van der Waals surface area contributed by atoms with Crippen LogP contribution >= 0.6 is 0 Å². The lowest BCUT2D eigenvalue weighted by Crippen LogP contribution is -2.21. The largest absolute Gasteiger partial charge is 0.345 e. The van der Waals surface area contributed by atoms with Crippen molar-refractivity contribution < 1.29 is 14.0 Å². The van der Waals surface area contributed by atoms with Crippen molar-refractivity contribution in [3.05, 3.63) is 96.2 Å². The Balaban J connectivity index is 1.65. The number of benzene rings is 2. The first-order chi connectivity index (χ1) is 14.9. The van der Waals surface area contributed by atoms with E-state index in [9.17, 15) is 14.0 Å². The summed E-state index contributed by atoms with van der Waals surface area (Å²) < 4.78 is 16.7. The van der Waals surface area contributed by atoms with E-state index in [0.29, 0.717) is 28.3 Å². The molecule has 0 fully saturated rings. The Morgan fingerprint density at radius 2 is 1.61 bits per heavy atom. The number of nitrogens with one attached hydrogen (secondary N) is 1. The molecule has 2 aromatic heterocycles. The van der Waals surface area contributed by atoms with E-state index >= 15 is 0 Å². The third-order valence-electron chi connectivity index (χ3n) is 4.70. The lowest BCUT2D eigenvalue weighted by atomic mass is 10.2. The monoisotopic (exact) mass is 417 g/mol. The molecule has 0 bridgehead atoms. The lowest BCUT2D eigenvalue weighted by molar-refractivity contribution is 0.0827. The average Bonchev–Trinajstić information content (AvgIpc) is 3.44. The van der Waals surface area contributed by atoms with Crippen LogP contribution in [-0.4, -0.2) is 45.2 Å². The van der Waals surface area contributed by atoms with Gasteiger partial charge in [-0.25, -0.2) is 9.07 Å². The van der Waals surface area contributed by atoms with Gasteiger partial charge < -0.3 is 14.8 Å². The molecular formula is C23H20FN5O2. The molecule has 31 heavy (non-hydrogen) atoms. The summed E-state index contributed by atoms with van der Waals surface area (Å²) in [5.41, 5.74) is 2.04. The van der Waals surface area contributed by atoms with Crippen LogP contribution < -0.4 is 5.32 Å². The zero-order valence-electron chi connectivity index (χ0n) is 17.0. The Morgan fingerprint density at radius 1 is 0.968 bits per heavy atom. The third kappa shape index (κ3) is 4.09. The normalized spacial score (nSPS) is 10.7. The summed E-state index contributed by atoms with van der Waals surface area (Å²) in [5, 5.41) is 7.19. The summed E-state index contributed by atoms with van der Waals surface area (Å²) >= 11 is 0. The van der Waals surface area contributed by atoms with Gasteiger partial charge in [0.05, 0.1) is 11.9 Å². The lowest BCUT2D eigenvalue weighted by Gasteiger charge is -2.12. The number of anilines is 1. The van der Waals surface area contributed by atoms with Gasteiger partial charge in [0.25, 0.3) is 11.8 Å². The molecule has 0 saturated carbocycles. The van der Waals surface area contributed by atoms with E-state index in [1.165, 1.54) is 23.2 Å². The first-order valence-electron chi connectivity index (χ1n) is 9.54. The van der Waals surface area contributed by atoms with Crippen LogP contribution in [0.5, 0.6) is 0 Å². The molecule has 4 rings (SSSR count). The summed E-state index contributed by atoms with van der Waals surface area (Å²) in [6, 6.07) is 16.2. The van der Waals surface area contributed by atoms with Gasteiger partial charge in [0.2, 0.25) is 0 Å². The number of hydrogen-bond acceptors (Lipinski definition) is 3. The summed E-state index contributed by atoms with van der Waals surface area (Å²) in [7, 11) is 3.36. The van der Waals surface area contributed by atoms with E-state index in [4.69, 9.17) is 0 Å². The third-order valence-corrected chi connectivity index (χ3v) is 4.70. The number of nitrogens with zero attached hydrogens (tertiary/aromatic N) is 4. The summed E-state index contributed by atoms with van der Waals surface area (Å²) in [6.45, 7) is 0. The number of hydrogen-bond donors (Lipinski definition) is 1. The Labute approximate surface area is 178 Å². The van der Waals surface area contributed by atoms with Crippen LogP contribution in [0.1, 0.15) is 20.7 Å². The van der Waals surface area contributed by atoms with Crippen molar-refractivity contribution >= 4 is 17.5 Å². The van der Waals surface area contributed by atoms with Crippen LogP contribution in [0.3, 0.4) is 0 Å². The SMILES string of the molecule is CN(C)C(=O)c1ccc(NC(=O)c2cnn(-c3ccc(F)cc3)c2-n2cccc2)cc1. The predicted molar refractivity (Wildman–Crippen MR) is 115 cm³/mol. The van der Waals surface area contributed by atoms with Crippen molar-refractivity contribution in [2.45, 2.75) is 0 Å². The van der Waals surface area contributed by atoms with E-state index in [1.807, 2.05) is 12.1 Å².